The number of fused-ring (bicyclic) bond motifs is 4. The van der Waals surface area contributed by atoms with Crippen molar-refractivity contribution in [2.24, 2.45) is 11.6 Å². The number of nitrogens with zero attached hydrogens (tertiary/aromatic N) is 14. The maximum Gasteiger partial charge on any atom is 0.295 e. The molecule has 6 N–H and O–H groups in total. The van der Waals surface area contributed by atoms with Gasteiger partial charge in [-0.2, -0.15) is 5.10 Å². The number of pyridine rings is 4. The lowest BCUT2D eigenvalue weighted by Gasteiger charge is -2.36. The fourth-order valence-corrected chi connectivity index (χ4v) is 9.12. The molecule has 0 aliphatic carbocycles. The summed E-state index contributed by atoms with van der Waals surface area (Å²) in [6.07, 6.45) is 15.1. The number of H-pyrrole nitrogens is 2. The number of hydrogen-bond donors (Lipinski definition) is 4. The summed E-state index contributed by atoms with van der Waals surface area (Å²) >= 11 is 0. The molecule has 24 heteroatoms. The maximum absolute atomic E-state index is 13.4. The third-order valence-electron chi connectivity index (χ3n) is 12.7. The Kier molecular flexibility index (Phi) is 12.9. The highest BCUT2D eigenvalue weighted by atomic mass is 16.5. The van der Waals surface area contributed by atoms with Crippen molar-refractivity contribution in [1.82, 2.24) is 64.4 Å². The van der Waals surface area contributed by atoms with Gasteiger partial charge >= 0.3 is 0 Å². The van der Waals surface area contributed by atoms with E-state index in [9.17, 15) is 19.2 Å². The predicted molar refractivity (Wildman–Crippen MR) is 270 cm³/mol. The van der Waals surface area contributed by atoms with Crippen LogP contribution >= 0.6 is 0 Å². The average molecular weight is 985 g/mol. The van der Waals surface area contributed by atoms with E-state index >= 15 is 0 Å². The van der Waals surface area contributed by atoms with Gasteiger partial charge < -0.3 is 44.8 Å². The number of ketones is 2. The Morgan fingerprint density at radius 1 is 0.685 bits per heavy atom. The Bertz CT molecular complexity index is 3580. The highest BCUT2D eigenvalue weighted by Gasteiger charge is 2.33. The van der Waals surface area contributed by atoms with Gasteiger partial charge in [0.25, 0.3) is 23.4 Å². The van der Waals surface area contributed by atoms with Gasteiger partial charge in [0, 0.05) is 94.9 Å². The number of para-hydroxylation sites is 1. The number of hydrogen-bond acceptors (Lipinski definition) is 19. The number of anilines is 3. The fourth-order valence-electron chi connectivity index (χ4n) is 9.12. The fraction of sp³-hybridized carbons (Fsp3) is 0.224. The van der Waals surface area contributed by atoms with Gasteiger partial charge in [-0.25, -0.2) is 40.4 Å². The van der Waals surface area contributed by atoms with E-state index in [1.54, 1.807) is 35.4 Å². The second-order valence-corrected chi connectivity index (χ2v) is 16.8. The first kappa shape index (κ1) is 47.1. The average Bonchev–Trinajstić information content (AvgIpc) is 4.21. The van der Waals surface area contributed by atoms with Crippen LogP contribution in [0.4, 0.5) is 17.3 Å². The van der Waals surface area contributed by atoms with Gasteiger partial charge in [-0.05, 0) is 31.2 Å². The number of methoxy groups -OCH3 is 2. The van der Waals surface area contributed by atoms with Crippen LogP contribution < -0.4 is 35.9 Å². The largest absolute Gasteiger partial charge is 0.494 e. The predicted octanol–water partition coefficient (Wildman–Crippen LogP) is 3.09. The van der Waals surface area contributed by atoms with E-state index in [4.69, 9.17) is 21.1 Å². The molecule has 0 radical (unpaired) electrons. The molecule has 2 amide bonds. The second kappa shape index (κ2) is 20.0. The number of carbonyl (C=O) groups is 4. The van der Waals surface area contributed by atoms with Crippen LogP contribution in [0.5, 0.6) is 11.5 Å². The van der Waals surface area contributed by atoms with Crippen molar-refractivity contribution in [1.29, 1.82) is 0 Å². The van der Waals surface area contributed by atoms with Gasteiger partial charge in [-0.1, -0.05) is 18.2 Å². The van der Waals surface area contributed by atoms with Crippen LogP contribution in [0.15, 0.2) is 105 Å². The normalized spacial score (nSPS) is 14.0. The quantitative estimate of drug-likeness (QED) is 0.0626. The number of carbonyl (C=O) groups excluding carboxylic acids is 4. The molecule has 0 spiro atoms. The topological polar surface area (TPSA) is 295 Å². The molecule has 2 saturated heterocycles. The van der Waals surface area contributed by atoms with Crippen molar-refractivity contribution < 1.29 is 28.7 Å². The summed E-state index contributed by atoms with van der Waals surface area (Å²) < 4.78 is 12.4. The van der Waals surface area contributed by atoms with Gasteiger partial charge in [-0.15, -0.1) is 0 Å². The number of aromatic amines is 2. The van der Waals surface area contributed by atoms with E-state index < -0.39 is 23.4 Å². The van der Waals surface area contributed by atoms with Crippen molar-refractivity contribution in [2.45, 2.75) is 6.92 Å². The van der Waals surface area contributed by atoms with Crippen LogP contribution in [-0.4, -0.2) is 154 Å². The molecule has 0 saturated carbocycles. The molecule has 8 aromatic heterocycles. The number of nitrogens with one attached hydrogen (secondary N) is 2. The standard InChI is InChI=1S/C26H24N8O3.C23H24N10O3/c1-16-30-15-34(31-16)25-23-21(20(37-2)14-29-25)18(13-28-23)24(35)26(36)33-11-9-32(10-12-33)19-7-3-5-17-6-4-8-27-22(17)19;1-36-16-12-28-22(33(25)6-4-24)18-17(16)15(11-27-18)19(34)23(35)32-9-7-31(8-10-32)21-14-3-2-5-26-20(14)29-13-30-21/h3-8,13-15,28H,9-12H2,1-2H3;2-6,11-13,27H,7-10,24-25H2,1H3/b;6-4-. The molecule has 11 rings (SSSR count). The SMILES string of the molecule is COc1cnc(-n2cnc(C)n2)c2[nH]cc(C(=O)C(=O)N3CCN(c4cccc5cccnc45)CC3)c12.COc1cnc(N(N)/C=C\N)c2[nH]cc(C(=O)C(=O)N3CCN(c4ncnc5ncccc45)CC3)c12. The molecule has 2 aliphatic heterocycles. The Hall–Kier alpha value is -9.58. The Morgan fingerprint density at radius 2 is 1.30 bits per heavy atom. The molecule has 0 bridgehead atoms. The summed E-state index contributed by atoms with van der Waals surface area (Å²) in [4.78, 5) is 97.0. The first-order valence-electron chi connectivity index (χ1n) is 23.0. The van der Waals surface area contributed by atoms with Crippen LogP contribution in [0.1, 0.15) is 26.5 Å². The van der Waals surface area contributed by atoms with Gasteiger partial charge in [0.05, 0.1) is 76.1 Å². The number of Topliss-reactive ketones (excluding diaryl/α,β-unsaturated/α-hetero) is 2. The van der Waals surface area contributed by atoms with Crippen LogP contribution in [0.3, 0.4) is 0 Å². The Labute approximate surface area is 415 Å². The first-order valence-corrected chi connectivity index (χ1v) is 23.0. The molecule has 0 unspecified atom stereocenters. The van der Waals surface area contributed by atoms with Crippen molar-refractivity contribution >= 4 is 84.4 Å². The van der Waals surface area contributed by atoms with E-state index in [1.807, 2.05) is 42.5 Å². The molecule has 10 heterocycles. The molecule has 2 fully saturated rings. The number of ether oxygens (including phenoxy) is 2. The van der Waals surface area contributed by atoms with Gasteiger partial charge in [-0.3, -0.25) is 29.2 Å². The molecule has 73 heavy (non-hydrogen) atoms. The first-order chi connectivity index (χ1) is 35.6. The zero-order valence-corrected chi connectivity index (χ0v) is 39.8. The summed E-state index contributed by atoms with van der Waals surface area (Å²) in [6.45, 7) is 5.59. The van der Waals surface area contributed by atoms with Crippen LogP contribution in [0, 0.1) is 6.92 Å². The minimum absolute atomic E-state index is 0.177. The molecule has 2 aliphatic rings. The lowest BCUT2D eigenvalue weighted by atomic mass is 10.1. The maximum atomic E-state index is 13.4. The number of aromatic nitrogens is 11. The van der Waals surface area contributed by atoms with Crippen molar-refractivity contribution in [3.8, 4) is 17.3 Å². The number of amides is 2. The van der Waals surface area contributed by atoms with Crippen LogP contribution in [-0.2, 0) is 9.59 Å². The summed E-state index contributed by atoms with van der Waals surface area (Å²) in [6, 6.07) is 13.8. The van der Waals surface area contributed by atoms with Crippen LogP contribution in [0.2, 0.25) is 0 Å². The number of hydrazine groups is 1. The zero-order valence-electron chi connectivity index (χ0n) is 39.8. The number of rotatable bonds is 11. The number of piperazine rings is 2. The molecule has 9 aromatic rings. The highest BCUT2D eigenvalue weighted by Crippen LogP contribution is 2.35. The lowest BCUT2D eigenvalue weighted by molar-refractivity contribution is -0.127. The van der Waals surface area contributed by atoms with E-state index in [-0.39, 0.29) is 11.1 Å². The molecule has 0 atom stereocenters. The number of benzene rings is 1. The minimum Gasteiger partial charge on any atom is -0.494 e. The summed E-state index contributed by atoms with van der Waals surface area (Å²) in [7, 11) is 2.96. The Morgan fingerprint density at radius 3 is 1.96 bits per heavy atom. The van der Waals surface area contributed by atoms with Crippen molar-refractivity contribution in [3.05, 3.63) is 122 Å². The lowest BCUT2D eigenvalue weighted by Crippen LogP contribution is -2.51. The molecule has 370 valence electrons. The Balaban J connectivity index is 0.000000168. The van der Waals surface area contributed by atoms with Crippen LogP contribution in [0.25, 0.3) is 49.6 Å². The number of aryl methyl sites for hydroxylation is 1. The molecule has 24 nitrogen and oxygen atoms in total. The summed E-state index contributed by atoms with van der Waals surface area (Å²) in [5, 5.41) is 8.33. The van der Waals surface area contributed by atoms with Gasteiger partial charge in [0.15, 0.2) is 17.3 Å². The van der Waals surface area contributed by atoms with Gasteiger partial charge in [0.1, 0.15) is 35.8 Å². The van der Waals surface area contributed by atoms with Gasteiger partial charge in [0.2, 0.25) is 0 Å². The minimum atomic E-state index is -0.653. The van der Waals surface area contributed by atoms with Crippen molar-refractivity contribution in [3.63, 3.8) is 0 Å². The molecular weight excluding hydrogens is 937 g/mol. The second-order valence-electron chi connectivity index (χ2n) is 16.8. The summed E-state index contributed by atoms with van der Waals surface area (Å²) in [5.41, 5.74) is 9.39. The molecule has 1 aromatic carbocycles. The third kappa shape index (κ3) is 8.85. The number of nitrogens with two attached hydrogens (primary N) is 2. The monoisotopic (exact) mass is 984 g/mol. The van der Waals surface area contributed by atoms with E-state index in [2.05, 4.69) is 59.8 Å². The summed E-state index contributed by atoms with van der Waals surface area (Å²) in [5.74, 6) is 6.43. The van der Waals surface area contributed by atoms with E-state index in [0.717, 1.165) is 27.8 Å². The third-order valence-corrected chi connectivity index (χ3v) is 12.7. The van der Waals surface area contributed by atoms with E-state index in [1.165, 1.54) is 67.4 Å². The zero-order chi connectivity index (χ0) is 50.8. The van der Waals surface area contributed by atoms with E-state index in [0.29, 0.717) is 109 Å². The van der Waals surface area contributed by atoms with Crippen molar-refractivity contribution in [2.75, 3.05) is 81.4 Å². The molecular formula is C49H48N18O6. The smallest absolute Gasteiger partial charge is 0.295 e. The highest BCUT2D eigenvalue weighted by molar-refractivity contribution is 6.46.